The molecule has 2 aliphatic carbocycles. The zero-order valence-electron chi connectivity index (χ0n) is 10.6. The molecule has 92 valence electrons. The predicted molar refractivity (Wildman–Crippen MR) is 72.6 cm³/mol. The first-order valence-corrected chi connectivity index (χ1v) is 6.61. The summed E-state index contributed by atoms with van der Waals surface area (Å²) in [7, 11) is 0. The van der Waals surface area contributed by atoms with Crippen LogP contribution in [0.1, 0.15) is 44.1 Å². The van der Waals surface area contributed by atoms with Crippen molar-refractivity contribution in [3.8, 4) is 0 Å². The van der Waals surface area contributed by atoms with Crippen LogP contribution in [0.25, 0.3) is 0 Å². The van der Waals surface area contributed by atoms with Gasteiger partial charge in [-0.15, -0.1) is 0 Å². The average molecular weight is 229 g/mol. The van der Waals surface area contributed by atoms with Crippen molar-refractivity contribution in [1.29, 1.82) is 0 Å². The van der Waals surface area contributed by atoms with Gasteiger partial charge in [0.2, 0.25) is 0 Å². The van der Waals surface area contributed by atoms with Crippen LogP contribution in [0.15, 0.2) is 30.3 Å². The molecule has 1 nitrogen and oxygen atoms in total. The van der Waals surface area contributed by atoms with Gasteiger partial charge in [-0.1, -0.05) is 44.2 Å². The molecule has 3 unspecified atom stereocenters. The minimum atomic E-state index is 0. The van der Waals surface area contributed by atoms with Gasteiger partial charge >= 0.3 is 0 Å². The van der Waals surface area contributed by atoms with Crippen LogP contribution in [0.3, 0.4) is 0 Å². The van der Waals surface area contributed by atoms with Crippen molar-refractivity contribution in [1.82, 2.24) is 0 Å². The van der Waals surface area contributed by atoms with Crippen LogP contribution in [-0.2, 0) is 5.41 Å². The topological polar surface area (TPSA) is 26.0 Å². The molecular formula is C16H23N. The van der Waals surface area contributed by atoms with Crippen molar-refractivity contribution in [2.24, 2.45) is 11.7 Å². The van der Waals surface area contributed by atoms with Crippen LogP contribution in [-0.4, -0.2) is 6.04 Å². The molecule has 0 aliphatic heterocycles. The van der Waals surface area contributed by atoms with Gasteiger partial charge in [0.15, 0.2) is 0 Å². The van der Waals surface area contributed by atoms with Crippen LogP contribution >= 0.6 is 0 Å². The van der Waals surface area contributed by atoms with Crippen LogP contribution in [0.5, 0.6) is 0 Å². The molecule has 2 N–H and O–H groups in total. The molecule has 2 saturated carbocycles. The average Bonchev–Trinajstić information content (AvgIpc) is 2.36. The second kappa shape index (κ2) is 4.81. The van der Waals surface area contributed by atoms with Crippen LogP contribution in [0.4, 0.5) is 0 Å². The molecule has 1 heteroatoms. The van der Waals surface area contributed by atoms with Gasteiger partial charge in [0, 0.05) is 6.04 Å². The largest absolute Gasteiger partial charge is 0.327 e. The molecule has 1 aromatic rings. The lowest BCUT2D eigenvalue weighted by molar-refractivity contribution is 0.129. The number of nitrogens with two attached hydrogens (primary N) is 1. The van der Waals surface area contributed by atoms with Crippen LogP contribution in [0, 0.1) is 13.3 Å². The Morgan fingerprint density at radius 3 is 2.59 bits per heavy atom. The van der Waals surface area contributed by atoms with Crippen molar-refractivity contribution < 1.29 is 0 Å². The minimum absolute atomic E-state index is 0. The SMILES string of the molecule is NC1CCC2(c3ccccc3)CCCC1C2.[CH2]. The molecule has 0 saturated heterocycles. The maximum Gasteiger partial charge on any atom is 0.00678 e. The molecule has 2 fully saturated rings. The molecule has 3 atom stereocenters. The summed E-state index contributed by atoms with van der Waals surface area (Å²) in [5, 5.41) is 0. The van der Waals surface area contributed by atoms with Gasteiger partial charge in [-0.3, -0.25) is 0 Å². The number of rotatable bonds is 1. The molecule has 0 heterocycles. The first-order chi connectivity index (χ1) is 7.80. The summed E-state index contributed by atoms with van der Waals surface area (Å²) in [6, 6.07) is 11.6. The Labute approximate surface area is 105 Å². The second-order valence-electron chi connectivity index (χ2n) is 5.71. The normalized spacial score (nSPS) is 36.1. The molecule has 2 bridgehead atoms. The fraction of sp³-hybridized carbons (Fsp3) is 0.562. The Morgan fingerprint density at radius 1 is 1.06 bits per heavy atom. The highest BCUT2D eigenvalue weighted by Crippen LogP contribution is 2.49. The lowest BCUT2D eigenvalue weighted by Crippen LogP contribution is -2.46. The summed E-state index contributed by atoms with van der Waals surface area (Å²) in [6.45, 7) is 0. The highest BCUT2D eigenvalue weighted by molar-refractivity contribution is 5.27. The third-order valence-electron chi connectivity index (χ3n) is 4.83. The molecular weight excluding hydrogens is 206 g/mol. The van der Waals surface area contributed by atoms with Crippen molar-refractivity contribution in [2.45, 2.75) is 50.0 Å². The van der Waals surface area contributed by atoms with E-state index in [1.54, 1.807) is 5.56 Å². The smallest absolute Gasteiger partial charge is 0.00678 e. The van der Waals surface area contributed by atoms with Gasteiger partial charge in [-0.05, 0) is 49.0 Å². The van der Waals surface area contributed by atoms with E-state index in [1.807, 2.05) is 0 Å². The maximum atomic E-state index is 6.22. The highest BCUT2D eigenvalue weighted by Gasteiger charge is 2.43. The van der Waals surface area contributed by atoms with Gasteiger partial charge in [0.25, 0.3) is 0 Å². The van der Waals surface area contributed by atoms with E-state index in [1.165, 1.54) is 38.5 Å². The van der Waals surface area contributed by atoms with Crippen LogP contribution < -0.4 is 5.73 Å². The first kappa shape index (κ1) is 12.6. The van der Waals surface area contributed by atoms with Gasteiger partial charge in [-0.25, -0.2) is 0 Å². The summed E-state index contributed by atoms with van der Waals surface area (Å²) in [4.78, 5) is 0. The third-order valence-corrected chi connectivity index (χ3v) is 4.83. The van der Waals surface area contributed by atoms with Crippen molar-refractivity contribution in [3.63, 3.8) is 0 Å². The molecule has 3 rings (SSSR count). The fourth-order valence-electron chi connectivity index (χ4n) is 3.88. The monoisotopic (exact) mass is 229 g/mol. The second-order valence-corrected chi connectivity index (χ2v) is 5.71. The van der Waals surface area contributed by atoms with Crippen molar-refractivity contribution in [2.75, 3.05) is 0 Å². The van der Waals surface area contributed by atoms with E-state index in [-0.39, 0.29) is 7.43 Å². The van der Waals surface area contributed by atoms with E-state index in [9.17, 15) is 0 Å². The molecule has 2 aliphatic rings. The lowest BCUT2D eigenvalue weighted by atomic mass is 9.58. The first-order valence-electron chi connectivity index (χ1n) is 6.61. The summed E-state index contributed by atoms with van der Waals surface area (Å²) in [6.07, 6.45) is 7.95. The Morgan fingerprint density at radius 2 is 1.82 bits per heavy atom. The molecule has 1 aromatic carbocycles. The fourth-order valence-corrected chi connectivity index (χ4v) is 3.88. The van der Waals surface area contributed by atoms with Gasteiger partial charge in [0.1, 0.15) is 0 Å². The quantitative estimate of drug-likeness (QED) is 0.783. The van der Waals surface area contributed by atoms with E-state index in [2.05, 4.69) is 30.3 Å². The number of hydrogen-bond acceptors (Lipinski definition) is 1. The van der Waals surface area contributed by atoms with E-state index < -0.39 is 0 Å². The van der Waals surface area contributed by atoms with E-state index in [0.717, 1.165) is 5.92 Å². The van der Waals surface area contributed by atoms with Crippen molar-refractivity contribution >= 4 is 0 Å². The van der Waals surface area contributed by atoms with E-state index in [4.69, 9.17) is 5.73 Å². The Kier molecular flexibility index (Phi) is 3.58. The molecule has 17 heavy (non-hydrogen) atoms. The zero-order chi connectivity index (χ0) is 11.0. The number of hydrogen-bond donors (Lipinski definition) is 1. The van der Waals surface area contributed by atoms with Crippen molar-refractivity contribution in [3.05, 3.63) is 43.3 Å². The van der Waals surface area contributed by atoms with E-state index >= 15 is 0 Å². The summed E-state index contributed by atoms with van der Waals surface area (Å²) in [5.41, 5.74) is 8.26. The van der Waals surface area contributed by atoms with E-state index in [0.29, 0.717) is 11.5 Å². The lowest BCUT2D eigenvalue weighted by Gasteiger charge is -2.48. The zero-order valence-corrected chi connectivity index (χ0v) is 10.6. The Bertz CT molecular complexity index is 359. The summed E-state index contributed by atoms with van der Waals surface area (Å²) < 4.78 is 0. The number of benzene rings is 1. The summed E-state index contributed by atoms with van der Waals surface area (Å²) >= 11 is 0. The maximum absolute atomic E-state index is 6.22. The van der Waals surface area contributed by atoms with Gasteiger partial charge in [-0.2, -0.15) is 0 Å². The minimum Gasteiger partial charge on any atom is -0.327 e. The standard InChI is InChI=1S/C15H21N.CH2/c16-14-8-10-15(9-4-5-12(14)11-15)13-6-2-1-3-7-13;/h1-3,6-7,12,14H,4-5,8-11,16H2;1H2. The molecule has 2 radical (unpaired) electrons. The molecule has 0 amide bonds. The Balaban J connectivity index is 0.00000108. The van der Waals surface area contributed by atoms with Gasteiger partial charge < -0.3 is 5.73 Å². The Hall–Kier alpha value is -0.820. The third kappa shape index (κ3) is 2.13. The molecule has 0 spiro atoms. The molecule has 0 aromatic heterocycles. The highest BCUT2D eigenvalue weighted by atomic mass is 14.7. The van der Waals surface area contributed by atoms with Crippen LogP contribution in [0.2, 0.25) is 0 Å². The predicted octanol–water partition coefficient (Wildman–Crippen LogP) is 3.56. The summed E-state index contributed by atoms with van der Waals surface area (Å²) in [5.74, 6) is 0.780. The number of fused-ring (bicyclic) bond motifs is 2. The van der Waals surface area contributed by atoms with Gasteiger partial charge in [0.05, 0.1) is 0 Å².